The first-order valence-electron chi connectivity index (χ1n) is 9.37. The lowest BCUT2D eigenvalue weighted by atomic mass is 9.99. The van der Waals surface area contributed by atoms with Gasteiger partial charge in [-0.2, -0.15) is 0 Å². The Labute approximate surface area is 152 Å². The van der Waals surface area contributed by atoms with Crippen molar-refractivity contribution in [2.75, 3.05) is 52.2 Å². The number of hydrogen-bond acceptors (Lipinski definition) is 4. The largest absolute Gasteiger partial charge is 0.363 e. The molecule has 0 unspecified atom stereocenters. The molecule has 0 bridgehead atoms. The number of anilines is 1. The Balaban J connectivity index is 1.66. The molecule has 1 aromatic heterocycles. The van der Waals surface area contributed by atoms with Crippen LogP contribution in [0.4, 0.5) is 5.82 Å². The van der Waals surface area contributed by atoms with Crippen molar-refractivity contribution in [3.8, 4) is 0 Å². The number of likely N-dealkylation sites (tertiary alicyclic amines) is 1. The second kappa shape index (κ2) is 10.2. The molecule has 2 N–H and O–H groups in total. The highest BCUT2D eigenvalue weighted by molar-refractivity contribution is 5.79. The third-order valence-corrected chi connectivity index (χ3v) is 4.77. The molecule has 0 radical (unpaired) electrons. The van der Waals surface area contributed by atoms with Gasteiger partial charge in [-0.3, -0.25) is 4.99 Å². The highest BCUT2D eigenvalue weighted by Gasteiger charge is 2.14. The van der Waals surface area contributed by atoms with Crippen LogP contribution in [0.1, 0.15) is 31.7 Å². The molecule has 0 aromatic carbocycles. The minimum Gasteiger partial charge on any atom is -0.363 e. The molecule has 0 aliphatic carbocycles. The Morgan fingerprint density at radius 1 is 1.32 bits per heavy atom. The zero-order chi connectivity index (χ0) is 18.1. The molecule has 0 amide bonds. The number of nitrogens with zero attached hydrogens (tertiary/aromatic N) is 4. The summed E-state index contributed by atoms with van der Waals surface area (Å²) >= 11 is 0. The summed E-state index contributed by atoms with van der Waals surface area (Å²) in [7, 11) is 5.82. The molecular weight excluding hydrogens is 312 g/mol. The monoisotopic (exact) mass is 346 g/mol. The summed E-state index contributed by atoms with van der Waals surface area (Å²) in [6.45, 7) is 7.74. The molecule has 2 heterocycles. The molecular formula is C19H34N6. The SMILES string of the molecule is CN=C(NCCCN1CCC(C)CC1)NCc1ccnc(N(C)C)c1. The minimum absolute atomic E-state index is 0.743. The van der Waals surface area contributed by atoms with Gasteiger partial charge in [0.1, 0.15) is 5.82 Å². The van der Waals surface area contributed by atoms with E-state index in [1.54, 1.807) is 0 Å². The van der Waals surface area contributed by atoms with E-state index in [-0.39, 0.29) is 0 Å². The molecule has 2 rings (SSSR count). The Morgan fingerprint density at radius 2 is 2.08 bits per heavy atom. The van der Waals surface area contributed by atoms with E-state index in [1.807, 2.05) is 38.3 Å². The number of hydrogen-bond donors (Lipinski definition) is 2. The molecule has 1 aliphatic heterocycles. The lowest BCUT2D eigenvalue weighted by Gasteiger charge is -2.30. The molecule has 1 aromatic rings. The first kappa shape index (κ1) is 19.5. The van der Waals surface area contributed by atoms with Crippen LogP contribution < -0.4 is 15.5 Å². The van der Waals surface area contributed by atoms with Crippen LogP contribution in [0.15, 0.2) is 23.3 Å². The van der Waals surface area contributed by atoms with Crippen molar-refractivity contribution < 1.29 is 0 Å². The first-order chi connectivity index (χ1) is 12.1. The van der Waals surface area contributed by atoms with Gasteiger partial charge in [0.05, 0.1) is 0 Å². The standard InChI is InChI=1S/C19H34N6/c1-16-7-12-25(13-8-16)11-5-9-22-19(20-2)23-15-17-6-10-21-18(14-17)24(3)4/h6,10,14,16H,5,7-9,11-13,15H2,1-4H3,(H2,20,22,23). The van der Waals surface area contributed by atoms with E-state index in [1.165, 1.54) is 38.0 Å². The van der Waals surface area contributed by atoms with Crippen LogP contribution in [0.5, 0.6) is 0 Å². The molecule has 0 saturated carbocycles. The van der Waals surface area contributed by atoms with Crippen molar-refractivity contribution in [2.24, 2.45) is 10.9 Å². The zero-order valence-electron chi connectivity index (χ0n) is 16.3. The van der Waals surface area contributed by atoms with Crippen molar-refractivity contribution in [3.05, 3.63) is 23.9 Å². The number of piperidine rings is 1. The van der Waals surface area contributed by atoms with Crippen LogP contribution in [0.25, 0.3) is 0 Å². The molecule has 6 heteroatoms. The fourth-order valence-electron chi connectivity index (χ4n) is 3.02. The maximum Gasteiger partial charge on any atom is 0.191 e. The predicted molar refractivity (Wildman–Crippen MR) is 106 cm³/mol. The van der Waals surface area contributed by atoms with Crippen molar-refractivity contribution in [1.82, 2.24) is 20.5 Å². The van der Waals surface area contributed by atoms with Gasteiger partial charge in [-0.25, -0.2) is 4.98 Å². The van der Waals surface area contributed by atoms with Gasteiger partial charge >= 0.3 is 0 Å². The second-order valence-corrected chi connectivity index (χ2v) is 7.15. The van der Waals surface area contributed by atoms with Gasteiger partial charge in [0, 0.05) is 40.4 Å². The van der Waals surface area contributed by atoms with Gasteiger partial charge in [0.25, 0.3) is 0 Å². The molecule has 6 nitrogen and oxygen atoms in total. The number of aliphatic imine (C=N–C) groups is 1. The van der Waals surface area contributed by atoms with E-state index in [0.29, 0.717) is 0 Å². The Hall–Kier alpha value is -1.82. The van der Waals surface area contributed by atoms with Crippen LogP contribution in [0, 0.1) is 5.92 Å². The van der Waals surface area contributed by atoms with Crippen molar-refractivity contribution in [2.45, 2.75) is 32.7 Å². The molecule has 1 aliphatic rings. The quantitative estimate of drug-likeness (QED) is 0.449. The lowest BCUT2D eigenvalue weighted by molar-refractivity contribution is 0.191. The fraction of sp³-hybridized carbons (Fsp3) is 0.684. The lowest BCUT2D eigenvalue weighted by Crippen LogP contribution is -2.39. The summed E-state index contributed by atoms with van der Waals surface area (Å²) in [5, 5.41) is 6.79. The Bertz CT molecular complexity index is 534. The van der Waals surface area contributed by atoms with E-state index < -0.39 is 0 Å². The smallest absolute Gasteiger partial charge is 0.191 e. The average molecular weight is 347 g/mol. The summed E-state index contributed by atoms with van der Waals surface area (Å²) in [6.07, 6.45) is 5.69. The van der Waals surface area contributed by atoms with Gasteiger partial charge in [-0.05, 0) is 62.5 Å². The van der Waals surface area contributed by atoms with Gasteiger partial charge < -0.3 is 20.4 Å². The van der Waals surface area contributed by atoms with Gasteiger partial charge in [-0.1, -0.05) is 6.92 Å². The van der Waals surface area contributed by atoms with Crippen molar-refractivity contribution in [3.63, 3.8) is 0 Å². The van der Waals surface area contributed by atoms with Gasteiger partial charge in [-0.15, -0.1) is 0 Å². The molecule has 1 fully saturated rings. The number of guanidine groups is 1. The van der Waals surface area contributed by atoms with E-state index in [4.69, 9.17) is 0 Å². The van der Waals surface area contributed by atoms with Gasteiger partial charge in [0.15, 0.2) is 5.96 Å². The average Bonchev–Trinajstić information content (AvgIpc) is 2.63. The summed E-state index contributed by atoms with van der Waals surface area (Å²) in [6, 6.07) is 4.13. The second-order valence-electron chi connectivity index (χ2n) is 7.15. The number of aromatic nitrogens is 1. The van der Waals surface area contributed by atoms with Crippen LogP contribution in [-0.2, 0) is 6.54 Å². The number of nitrogens with one attached hydrogen (secondary N) is 2. The normalized spacial score (nSPS) is 16.7. The van der Waals surface area contributed by atoms with Gasteiger partial charge in [0.2, 0.25) is 0 Å². The predicted octanol–water partition coefficient (Wildman–Crippen LogP) is 1.93. The highest BCUT2D eigenvalue weighted by Crippen LogP contribution is 2.15. The van der Waals surface area contributed by atoms with Crippen LogP contribution in [0.2, 0.25) is 0 Å². The van der Waals surface area contributed by atoms with Crippen LogP contribution >= 0.6 is 0 Å². The van der Waals surface area contributed by atoms with Crippen molar-refractivity contribution in [1.29, 1.82) is 0 Å². The first-order valence-corrected chi connectivity index (χ1v) is 9.37. The molecule has 0 spiro atoms. The molecule has 1 saturated heterocycles. The molecule has 140 valence electrons. The highest BCUT2D eigenvalue weighted by atomic mass is 15.2. The van der Waals surface area contributed by atoms with E-state index >= 15 is 0 Å². The zero-order valence-corrected chi connectivity index (χ0v) is 16.3. The summed E-state index contributed by atoms with van der Waals surface area (Å²) in [5.41, 5.74) is 1.20. The third kappa shape index (κ3) is 6.90. The van der Waals surface area contributed by atoms with Crippen LogP contribution in [0.3, 0.4) is 0 Å². The fourth-order valence-corrected chi connectivity index (χ4v) is 3.02. The maximum absolute atomic E-state index is 4.34. The minimum atomic E-state index is 0.743. The van der Waals surface area contributed by atoms with Crippen LogP contribution in [-0.4, -0.2) is 63.2 Å². The summed E-state index contributed by atoms with van der Waals surface area (Å²) < 4.78 is 0. The van der Waals surface area contributed by atoms with Crippen molar-refractivity contribution >= 4 is 11.8 Å². The summed E-state index contributed by atoms with van der Waals surface area (Å²) in [4.78, 5) is 13.2. The number of rotatable bonds is 7. The third-order valence-electron chi connectivity index (χ3n) is 4.77. The number of pyridine rings is 1. The topological polar surface area (TPSA) is 55.8 Å². The van der Waals surface area contributed by atoms with E-state index in [9.17, 15) is 0 Å². The Morgan fingerprint density at radius 3 is 2.76 bits per heavy atom. The Kier molecular flexibility index (Phi) is 7.98. The molecule has 25 heavy (non-hydrogen) atoms. The van der Waals surface area contributed by atoms with E-state index in [0.717, 1.165) is 37.2 Å². The maximum atomic E-state index is 4.34. The van der Waals surface area contributed by atoms with E-state index in [2.05, 4.69) is 38.5 Å². The molecule has 0 atom stereocenters. The summed E-state index contributed by atoms with van der Waals surface area (Å²) in [5.74, 6) is 2.73.